The quantitative estimate of drug-likeness (QED) is 0.689. The molecule has 2 aromatic carbocycles. The van der Waals surface area contributed by atoms with E-state index in [4.69, 9.17) is 4.74 Å². The highest BCUT2D eigenvalue weighted by molar-refractivity contribution is 7.88. The zero-order chi connectivity index (χ0) is 19.9. The highest BCUT2D eigenvalue weighted by atomic mass is 32.2. The zero-order valence-electron chi connectivity index (χ0n) is 15.9. The van der Waals surface area contributed by atoms with Crippen molar-refractivity contribution in [2.75, 3.05) is 13.7 Å². The monoisotopic (exact) mass is 390 g/mol. The molecule has 1 amide bonds. The first kappa shape index (κ1) is 20.9. The molecule has 6 nitrogen and oxygen atoms in total. The molecule has 0 unspecified atom stereocenters. The van der Waals surface area contributed by atoms with Crippen LogP contribution in [0.15, 0.2) is 48.5 Å². The molecule has 0 aliphatic carbocycles. The second-order valence-corrected chi connectivity index (χ2v) is 8.57. The Morgan fingerprint density at radius 2 is 1.78 bits per heavy atom. The van der Waals surface area contributed by atoms with Crippen molar-refractivity contribution in [3.05, 3.63) is 65.2 Å². The molecule has 0 fully saturated rings. The first-order valence-corrected chi connectivity index (χ1v) is 10.4. The fraction of sp³-hybridized carbons (Fsp3) is 0.350. The lowest BCUT2D eigenvalue weighted by molar-refractivity contribution is 0.0950. The zero-order valence-corrected chi connectivity index (χ0v) is 16.7. The van der Waals surface area contributed by atoms with Gasteiger partial charge in [0.15, 0.2) is 0 Å². The standard InChI is InChI=1S/C20H26N2O4S/c1-15(2)13-26-19-10-6-9-16(11-19)20(23)22-12-17-7-4-5-8-18(17)14-27(24,25)21-3/h4-11,15,21H,12-14H2,1-3H3,(H,22,23). The van der Waals surface area contributed by atoms with Gasteiger partial charge in [-0.25, -0.2) is 13.1 Å². The van der Waals surface area contributed by atoms with Gasteiger partial charge >= 0.3 is 0 Å². The maximum Gasteiger partial charge on any atom is 0.251 e. The smallest absolute Gasteiger partial charge is 0.251 e. The van der Waals surface area contributed by atoms with E-state index in [0.717, 1.165) is 5.56 Å². The Morgan fingerprint density at radius 1 is 1.07 bits per heavy atom. The van der Waals surface area contributed by atoms with Crippen molar-refractivity contribution in [2.45, 2.75) is 26.1 Å². The van der Waals surface area contributed by atoms with Gasteiger partial charge in [-0.3, -0.25) is 4.79 Å². The minimum Gasteiger partial charge on any atom is -0.493 e. The lowest BCUT2D eigenvalue weighted by Crippen LogP contribution is -2.25. The summed E-state index contributed by atoms with van der Waals surface area (Å²) >= 11 is 0. The molecule has 0 aliphatic heterocycles. The van der Waals surface area contributed by atoms with Gasteiger partial charge in [-0.15, -0.1) is 0 Å². The fourth-order valence-corrected chi connectivity index (χ4v) is 3.25. The van der Waals surface area contributed by atoms with Crippen molar-refractivity contribution >= 4 is 15.9 Å². The number of benzene rings is 2. The highest BCUT2D eigenvalue weighted by Crippen LogP contribution is 2.15. The summed E-state index contributed by atoms with van der Waals surface area (Å²) in [5.41, 5.74) is 1.91. The number of sulfonamides is 1. The van der Waals surface area contributed by atoms with Gasteiger partial charge in [0.25, 0.3) is 5.91 Å². The predicted octanol–water partition coefficient (Wildman–Crippen LogP) is 2.70. The Hall–Kier alpha value is -2.38. The first-order valence-electron chi connectivity index (χ1n) is 8.80. The molecule has 2 N–H and O–H groups in total. The molecular weight excluding hydrogens is 364 g/mol. The van der Waals surface area contributed by atoms with E-state index in [2.05, 4.69) is 23.9 Å². The minimum absolute atomic E-state index is 0.131. The number of amides is 1. The van der Waals surface area contributed by atoms with Crippen LogP contribution in [0.5, 0.6) is 5.75 Å². The number of rotatable bonds is 9. The van der Waals surface area contributed by atoms with E-state index >= 15 is 0 Å². The van der Waals surface area contributed by atoms with E-state index in [-0.39, 0.29) is 18.2 Å². The van der Waals surface area contributed by atoms with Gasteiger partial charge in [-0.2, -0.15) is 0 Å². The van der Waals surface area contributed by atoms with E-state index in [0.29, 0.717) is 29.4 Å². The maximum atomic E-state index is 12.5. The van der Waals surface area contributed by atoms with Crippen LogP contribution in [0.1, 0.15) is 35.3 Å². The van der Waals surface area contributed by atoms with Crippen molar-refractivity contribution in [1.82, 2.24) is 10.0 Å². The first-order chi connectivity index (χ1) is 12.8. The van der Waals surface area contributed by atoms with Crippen molar-refractivity contribution in [1.29, 1.82) is 0 Å². The third kappa shape index (κ3) is 6.69. The van der Waals surface area contributed by atoms with E-state index in [1.165, 1.54) is 7.05 Å². The predicted molar refractivity (Wildman–Crippen MR) is 106 cm³/mol. The lowest BCUT2D eigenvalue weighted by atomic mass is 10.1. The molecule has 2 rings (SSSR count). The van der Waals surface area contributed by atoms with Crippen molar-refractivity contribution < 1.29 is 17.9 Å². The molecule has 2 aromatic rings. The van der Waals surface area contributed by atoms with E-state index in [1.807, 2.05) is 18.2 Å². The molecule has 0 atom stereocenters. The molecule has 0 saturated heterocycles. The fourth-order valence-electron chi connectivity index (χ4n) is 2.42. The maximum absolute atomic E-state index is 12.5. The Bertz CT molecular complexity index is 879. The number of hydrogen-bond donors (Lipinski definition) is 2. The second kappa shape index (κ2) is 9.53. The largest absolute Gasteiger partial charge is 0.493 e. The lowest BCUT2D eigenvalue weighted by Gasteiger charge is -2.12. The van der Waals surface area contributed by atoms with Gasteiger partial charge in [0.05, 0.1) is 12.4 Å². The molecule has 0 spiro atoms. The van der Waals surface area contributed by atoms with Gasteiger partial charge in [0, 0.05) is 12.1 Å². The van der Waals surface area contributed by atoms with Gasteiger partial charge in [-0.1, -0.05) is 44.2 Å². The molecule has 0 saturated carbocycles. The number of carbonyl (C=O) groups is 1. The molecule has 0 heterocycles. The van der Waals surface area contributed by atoms with Crippen LogP contribution in [0, 0.1) is 5.92 Å². The Labute approximate surface area is 161 Å². The number of nitrogens with one attached hydrogen (secondary N) is 2. The summed E-state index contributed by atoms with van der Waals surface area (Å²) in [5.74, 6) is 0.676. The van der Waals surface area contributed by atoms with E-state index < -0.39 is 10.0 Å². The molecule has 7 heteroatoms. The molecule has 0 aliphatic rings. The molecular formula is C20H26N2O4S. The summed E-state index contributed by atoms with van der Waals surface area (Å²) in [7, 11) is -2.00. The Morgan fingerprint density at radius 3 is 2.44 bits per heavy atom. The number of ether oxygens (including phenoxy) is 1. The normalized spacial score (nSPS) is 11.4. The molecule has 0 radical (unpaired) electrons. The van der Waals surface area contributed by atoms with Gasteiger partial charge in [-0.05, 0) is 42.3 Å². The van der Waals surface area contributed by atoms with Crippen LogP contribution < -0.4 is 14.8 Å². The Balaban J connectivity index is 2.05. The minimum atomic E-state index is -3.38. The topological polar surface area (TPSA) is 84.5 Å². The van der Waals surface area contributed by atoms with Crippen LogP contribution in [0.4, 0.5) is 0 Å². The van der Waals surface area contributed by atoms with Crippen LogP contribution in [-0.4, -0.2) is 28.0 Å². The number of carbonyl (C=O) groups excluding carboxylic acids is 1. The summed E-state index contributed by atoms with van der Waals surface area (Å²) in [6.07, 6.45) is 0. The average Bonchev–Trinajstić information content (AvgIpc) is 2.65. The van der Waals surface area contributed by atoms with Crippen molar-refractivity contribution in [3.8, 4) is 5.75 Å². The average molecular weight is 391 g/mol. The van der Waals surface area contributed by atoms with E-state index in [1.54, 1.807) is 30.3 Å². The third-order valence-corrected chi connectivity index (χ3v) is 5.21. The molecule has 146 valence electrons. The van der Waals surface area contributed by atoms with Gasteiger partial charge in [0.1, 0.15) is 5.75 Å². The summed E-state index contributed by atoms with van der Waals surface area (Å²) in [5, 5.41) is 2.84. The van der Waals surface area contributed by atoms with Crippen molar-refractivity contribution in [3.63, 3.8) is 0 Å². The second-order valence-electron chi connectivity index (χ2n) is 6.65. The van der Waals surface area contributed by atoms with E-state index in [9.17, 15) is 13.2 Å². The molecule has 27 heavy (non-hydrogen) atoms. The van der Waals surface area contributed by atoms with Gasteiger partial charge in [0.2, 0.25) is 10.0 Å². The Kier molecular flexibility index (Phi) is 7.38. The number of hydrogen-bond acceptors (Lipinski definition) is 4. The van der Waals surface area contributed by atoms with Crippen molar-refractivity contribution in [2.24, 2.45) is 5.92 Å². The van der Waals surface area contributed by atoms with Crippen LogP contribution in [0.2, 0.25) is 0 Å². The summed E-state index contributed by atoms with van der Waals surface area (Å²) in [6.45, 7) is 4.94. The van der Waals surface area contributed by atoms with Crippen LogP contribution >= 0.6 is 0 Å². The van der Waals surface area contributed by atoms with Crippen LogP contribution in [0.3, 0.4) is 0 Å². The van der Waals surface area contributed by atoms with Crippen LogP contribution in [-0.2, 0) is 22.3 Å². The van der Waals surface area contributed by atoms with Crippen LogP contribution in [0.25, 0.3) is 0 Å². The highest BCUT2D eigenvalue weighted by Gasteiger charge is 2.13. The third-order valence-electron chi connectivity index (χ3n) is 3.89. The van der Waals surface area contributed by atoms with Gasteiger partial charge < -0.3 is 10.1 Å². The molecule has 0 aromatic heterocycles. The molecule has 0 bridgehead atoms. The summed E-state index contributed by atoms with van der Waals surface area (Å²) in [6, 6.07) is 14.2. The summed E-state index contributed by atoms with van der Waals surface area (Å²) in [4.78, 5) is 12.5. The SMILES string of the molecule is CNS(=O)(=O)Cc1ccccc1CNC(=O)c1cccc(OCC(C)C)c1. The summed E-state index contributed by atoms with van der Waals surface area (Å²) < 4.78 is 31.6.